The number of nitrogens with two attached hydrogens (primary N) is 1. The predicted octanol–water partition coefficient (Wildman–Crippen LogP) is 3.34. The number of hydrogen-bond donors (Lipinski definition) is 3. The molecule has 0 radical (unpaired) electrons. The number of nitrogen functional groups attached to an aromatic ring is 1. The number of benzene rings is 3. The van der Waals surface area contributed by atoms with Crippen molar-refractivity contribution in [3.63, 3.8) is 0 Å². The normalized spacial score (nSPS) is 10.7. The Kier molecular flexibility index (Phi) is 7.60. The minimum absolute atomic E-state index is 0.0000383. The second-order valence-corrected chi connectivity index (χ2v) is 8.28. The second kappa shape index (κ2) is 11.2. The van der Waals surface area contributed by atoms with E-state index in [9.17, 15) is 18.8 Å². The topological polar surface area (TPSA) is 113 Å². The van der Waals surface area contributed by atoms with Crippen LogP contribution in [0.1, 0.15) is 17.5 Å². The highest BCUT2D eigenvalue weighted by atomic mass is 19.1. The molecule has 1 aromatic heterocycles. The van der Waals surface area contributed by atoms with E-state index in [0.29, 0.717) is 5.69 Å². The van der Waals surface area contributed by atoms with E-state index in [0.717, 1.165) is 11.1 Å². The van der Waals surface area contributed by atoms with Crippen LogP contribution in [0.5, 0.6) is 0 Å². The van der Waals surface area contributed by atoms with Crippen molar-refractivity contribution >= 4 is 23.1 Å². The lowest BCUT2D eigenvalue weighted by molar-refractivity contribution is -0.116. The fourth-order valence-corrected chi connectivity index (χ4v) is 3.91. The number of nitrogens with one attached hydrogen (secondary N) is 2. The Morgan fingerprint density at radius 3 is 2.28 bits per heavy atom. The van der Waals surface area contributed by atoms with Gasteiger partial charge in [-0.1, -0.05) is 66.7 Å². The van der Waals surface area contributed by atoms with Gasteiger partial charge < -0.3 is 16.0 Å². The van der Waals surface area contributed by atoms with E-state index < -0.39 is 17.1 Å². The largest absolute Gasteiger partial charge is 0.383 e. The molecular weight excluding hydrogens is 461 g/mol. The SMILES string of the molecule is Nc1c(N(CCC(=O)Nc2cccc(F)c2)Cc2ccccc2)c(=O)[nH]c(=O)n1Cc1ccccc1. The van der Waals surface area contributed by atoms with Crippen LogP contribution in [0.3, 0.4) is 0 Å². The lowest BCUT2D eigenvalue weighted by atomic mass is 10.2. The van der Waals surface area contributed by atoms with Crippen molar-refractivity contribution < 1.29 is 9.18 Å². The van der Waals surface area contributed by atoms with Gasteiger partial charge in [0.05, 0.1) is 6.54 Å². The fraction of sp³-hybridized carbons (Fsp3) is 0.148. The quantitative estimate of drug-likeness (QED) is 0.335. The number of carbonyl (C=O) groups is 1. The average Bonchev–Trinajstić information content (AvgIpc) is 2.86. The Morgan fingerprint density at radius 2 is 1.61 bits per heavy atom. The zero-order chi connectivity index (χ0) is 25.5. The van der Waals surface area contributed by atoms with Crippen molar-refractivity contribution in [3.05, 3.63) is 123 Å². The molecule has 36 heavy (non-hydrogen) atoms. The number of rotatable bonds is 9. The van der Waals surface area contributed by atoms with Gasteiger partial charge in [-0.15, -0.1) is 0 Å². The van der Waals surface area contributed by atoms with Crippen molar-refractivity contribution in [1.29, 1.82) is 0 Å². The van der Waals surface area contributed by atoms with Crippen molar-refractivity contribution in [2.24, 2.45) is 0 Å². The van der Waals surface area contributed by atoms with Crippen molar-refractivity contribution in [2.45, 2.75) is 19.5 Å². The molecule has 4 rings (SSSR count). The van der Waals surface area contributed by atoms with Gasteiger partial charge in [-0.05, 0) is 29.3 Å². The maximum atomic E-state index is 13.5. The summed E-state index contributed by atoms with van der Waals surface area (Å²) in [5.41, 5.74) is 7.31. The summed E-state index contributed by atoms with van der Waals surface area (Å²) in [5, 5.41) is 2.66. The van der Waals surface area contributed by atoms with Gasteiger partial charge in [0, 0.05) is 25.2 Å². The van der Waals surface area contributed by atoms with Gasteiger partial charge in [0.1, 0.15) is 17.3 Å². The summed E-state index contributed by atoms with van der Waals surface area (Å²) in [6.07, 6.45) is 0.0000383. The van der Waals surface area contributed by atoms with E-state index in [1.54, 1.807) is 11.0 Å². The van der Waals surface area contributed by atoms with Crippen LogP contribution in [-0.4, -0.2) is 22.0 Å². The van der Waals surface area contributed by atoms with Crippen molar-refractivity contribution in [1.82, 2.24) is 9.55 Å². The number of anilines is 3. The van der Waals surface area contributed by atoms with Gasteiger partial charge in [-0.2, -0.15) is 0 Å². The summed E-state index contributed by atoms with van der Waals surface area (Å²) in [4.78, 5) is 42.2. The molecular formula is C27H26FN5O3. The van der Waals surface area contributed by atoms with Gasteiger partial charge in [0.25, 0.3) is 5.56 Å². The Bertz CT molecular complexity index is 1450. The van der Waals surface area contributed by atoms with E-state index in [-0.39, 0.29) is 43.5 Å². The molecule has 3 aromatic carbocycles. The first-order chi connectivity index (χ1) is 17.4. The molecule has 0 aliphatic carbocycles. The lowest BCUT2D eigenvalue weighted by Crippen LogP contribution is -2.39. The van der Waals surface area contributed by atoms with Crippen LogP contribution in [-0.2, 0) is 17.9 Å². The molecule has 0 aliphatic rings. The number of amides is 1. The first-order valence-corrected chi connectivity index (χ1v) is 11.4. The number of halogens is 1. The molecule has 1 heterocycles. The first kappa shape index (κ1) is 24.5. The third kappa shape index (κ3) is 6.06. The van der Waals surface area contributed by atoms with Crippen molar-refractivity contribution in [3.8, 4) is 0 Å². The lowest BCUT2D eigenvalue weighted by Gasteiger charge is -2.26. The highest BCUT2D eigenvalue weighted by Gasteiger charge is 2.20. The predicted molar refractivity (Wildman–Crippen MR) is 138 cm³/mol. The van der Waals surface area contributed by atoms with Crippen LogP contribution >= 0.6 is 0 Å². The number of aromatic nitrogens is 2. The smallest absolute Gasteiger partial charge is 0.330 e. The third-order valence-electron chi connectivity index (χ3n) is 5.65. The van der Waals surface area contributed by atoms with Crippen LogP contribution in [0.15, 0.2) is 94.5 Å². The highest BCUT2D eigenvalue weighted by Crippen LogP contribution is 2.21. The summed E-state index contributed by atoms with van der Waals surface area (Å²) in [6, 6.07) is 24.3. The molecule has 1 amide bonds. The molecule has 0 fully saturated rings. The molecule has 4 aromatic rings. The summed E-state index contributed by atoms with van der Waals surface area (Å²) in [7, 11) is 0. The Morgan fingerprint density at radius 1 is 0.944 bits per heavy atom. The average molecular weight is 488 g/mol. The van der Waals surface area contributed by atoms with Gasteiger partial charge >= 0.3 is 5.69 Å². The molecule has 0 atom stereocenters. The molecule has 4 N–H and O–H groups in total. The van der Waals surface area contributed by atoms with E-state index in [2.05, 4.69) is 10.3 Å². The highest BCUT2D eigenvalue weighted by molar-refractivity contribution is 5.91. The van der Waals surface area contributed by atoms with Crippen LogP contribution in [0, 0.1) is 5.82 Å². The number of hydrogen-bond acceptors (Lipinski definition) is 5. The summed E-state index contributed by atoms with van der Waals surface area (Å²) in [5.74, 6) is -0.807. The minimum atomic E-state index is -0.636. The molecule has 0 unspecified atom stereocenters. The number of H-pyrrole nitrogens is 1. The molecule has 0 spiro atoms. The maximum Gasteiger partial charge on any atom is 0.330 e. The Hall–Kier alpha value is -4.66. The first-order valence-electron chi connectivity index (χ1n) is 11.4. The zero-order valence-corrected chi connectivity index (χ0v) is 19.5. The molecule has 8 nitrogen and oxygen atoms in total. The molecule has 0 saturated carbocycles. The molecule has 0 aliphatic heterocycles. The monoisotopic (exact) mass is 487 g/mol. The number of nitrogens with zero attached hydrogens (tertiary/aromatic N) is 2. The van der Waals surface area contributed by atoms with Gasteiger partial charge in [0.15, 0.2) is 0 Å². The number of carbonyl (C=O) groups excluding carboxylic acids is 1. The summed E-state index contributed by atoms with van der Waals surface area (Å²) >= 11 is 0. The molecule has 0 saturated heterocycles. The molecule has 0 bridgehead atoms. The second-order valence-electron chi connectivity index (χ2n) is 8.28. The van der Waals surface area contributed by atoms with Crippen molar-refractivity contribution in [2.75, 3.05) is 22.5 Å². The van der Waals surface area contributed by atoms with E-state index in [4.69, 9.17) is 5.73 Å². The molecule has 184 valence electrons. The van der Waals surface area contributed by atoms with E-state index >= 15 is 0 Å². The number of aromatic amines is 1. The third-order valence-corrected chi connectivity index (χ3v) is 5.65. The minimum Gasteiger partial charge on any atom is -0.383 e. The molecule has 9 heteroatoms. The van der Waals surface area contributed by atoms with E-state index in [1.165, 1.54) is 22.8 Å². The summed E-state index contributed by atoms with van der Waals surface area (Å²) < 4.78 is 14.8. The maximum absolute atomic E-state index is 13.5. The van der Waals surface area contributed by atoms with Gasteiger partial charge in [-0.3, -0.25) is 19.1 Å². The van der Waals surface area contributed by atoms with Crippen LogP contribution in [0.4, 0.5) is 21.6 Å². The summed E-state index contributed by atoms with van der Waals surface area (Å²) in [6.45, 7) is 0.590. The zero-order valence-electron chi connectivity index (χ0n) is 19.5. The van der Waals surface area contributed by atoms with Crippen LogP contribution in [0.2, 0.25) is 0 Å². The fourth-order valence-electron chi connectivity index (χ4n) is 3.91. The van der Waals surface area contributed by atoms with Gasteiger partial charge in [0.2, 0.25) is 5.91 Å². The van der Waals surface area contributed by atoms with Crippen LogP contribution < -0.4 is 27.2 Å². The van der Waals surface area contributed by atoms with Gasteiger partial charge in [-0.25, -0.2) is 9.18 Å². The van der Waals surface area contributed by atoms with Crippen LogP contribution in [0.25, 0.3) is 0 Å². The Labute approximate surface area is 206 Å². The standard InChI is InChI=1S/C27H26FN5O3/c28-21-12-7-13-22(16-21)30-23(34)14-15-32(17-19-8-3-1-4-9-19)24-25(29)33(27(36)31-26(24)35)18-20-10-5-2-6-11-20/h1-13,16H,14-15,17-18,29H2,(H,30,34)(H,31,35,36). The van der Waals surface area contributed by atoms with E-state index in [1.807, 2.05) is 60.7 Å². The Balaban J connectivity index is 1.63.